The van der Waals surface area contributed by atoms with Crippen molar-refractivity contribution in [1.82, 2.24) is 19.3 Å². The summed E-state index contributed by atoms with van der Waals surface area (Å²) in [5.74, 6) is 0.379. The predicted octanol–water partition coefficient (Wildman–Crippen LogP) is 3.07. The molecule has 0 bridgehead atoms. The van der Waals surface area contributed by atoms with E-state index in [1.165, 1.54) is 0 Å². The van der Waals surface area contributed by atoms with Crippen LogP contribution in [0.4, 0.5) is 0 Å². The van der Waals surface area contributed by atoms with Gasteiger partial charge in [-0.3, -0.25) is 0 Å². The minimum absolute atomic E-state index is 0.303. The zero-order valence-electron chi connectivity index (χ0n) is 15.3. The van der Waals surface area contributed by atoms with E-state index in [0.29, 0.717) is 23.8 Å². The Balaban J connectivity index is 1.55. The highest BCUT2D eigenvalue weighted by Gasteiger charge is 2.13. The van der Waals surface area contributed by atoms with Crippen molar-refractivity contribution < 1.29 is 8.42 Å². The summed E-state index contributed by atoms with van der Waals surface area (Å²) < 4.78 is 29.1. The van der Waals surface area contributed by atoms with Crippen molar-refractivity contribution in [3.8, 4) is 0 Å². The van der Waals surface area contributed by atoms with Crippen molar-refractivity contribution in [3.05, 3.63) is 59.5 Å². The molecule has 1 N–H and O–H groups in total. The Labute approximate surface area is 154 Å². The average Bonchev–Trinajstić information content (AvgIpc) is 2.98. The second-order valence-electron chi connectivity index (χ2n) is 6.78. The molecular formula is C19H24N4O2S. The Morgan fingerprint density at radius 1 is 1.19 bits per heavy atom. The molecule has 3 rings (SSSR count). The van der Waals surface area contributed by atoms with E-state index >= 15 is 0 Å². The maximum atomic E-state index is 12.4. The molecule has 26 heavy (non-hydrogen) atoms. The van der Waals surface area contributed by atoms with Crippen molar-refractivity contribution in [2.75, 3.05) is 6.54 Å². The number of nitrogens with zero attached hydrogens (tertiary/aromatic N) is 3. The molecule has 0 saturated carbocycles. The van der Waals surface area contributed by atoms with E-state index in [4.69, 9.17) is 0 Å². The number of aryl methyl sites for hydroxylation is 2. The predicted molar refractivity (Wildman–Crippen MR) is 102 cm³/mol. The third kappa shape index (κ3) is 4.28. The van der Waals surface area contributed by atoms with Crippen molar-refractivity contribution in [1.29, 1.82) is 0 Å². The number of hydrogen-bond donors (Lipinski definition) is 1. The number of sulfonamides is 1. The lowest BCUT2D eigenvalue weighted by Crippen LogP contribution is -2.25. The van der Waals surface area contributed by atoms with Crippen LogP contribution in [0.15, 0.2) is 47.6 Å². The van der Waals surface area contributed by atoms with E-state index in [1.807, 2.05) is 37.5 Å². The smallest absolute Gasteiger partial charge is 0.237 e. The minimum atomic E-state index is -3.47. The molecule has 0 aliphatic carbocycles. The van der Waals surface area contributed by atoms with Crippen LogP contribution in [0.2, 0.25) is 0 Å². The second kappa shape index (κ2) is 7.55. The van der Waals surface area contributed by atoms with Gasteiger partial charge < -0.3 is 0 Å². The first-order chi connectivity index (χ1) is 12.3. The lowest BCUT2D eigenvalue weighted by Gasteiger charge is -2.09. The topological polar surface area (TPSA) is 76.4 Å². The summed E-state index contributed by atoms with van der Waals surface area (Å²) in [7, 11) is -3.47. The van der Waals surface area contributed by atoms with E-state index in [2.05, 4.69) is 28.7 Å². The summed E-state index contributed by atoms with van der Waals surface area (Å²) >= 11 is 0. The number of hydrogen-bond acceptors (Lipinski definition) is 4. The normalized spacial score (nSPS) is 12.2. The summed E-state index contributed by atoms with van der Waals surface area (Å²) in [5.41, 5.74) is 3.89. The third-order valence-corrected chi connectivity index (χ3v) is 5.76. The van der Waals surface area contributed by atoms with Crippen LogP contribution in [0.3, 0.4) is 0 Å². The van der Waals surface area contributed by atoms with Crippen molar-refractivity contribution in [2.24, 2.45) is 0 Å². The second-order valence-corrected chi connectivity index (χ2v) is 8.54. The zero-order valence-corrected chi connectivity index (χ0v) is 16.1. The third-order valence-electron chi connectivity index (χ3n) is 4.28. The maximum Gasteiger partial charge on any atom is 0.240 e. The quantitative estimate of drug-likeness (QED) is 0.647. The van der Waals surface area contributed by atoms with Crippen LogP contribution in [0, 0.1) is 6.92 Å². The Kier molecular flexibility index (Phi) is 5.38. The van der Waals surface area contributed by atoms with Crippen molar-refractivity contribution >= 4 is 15.7 Å². The Morgan fingerprint density at radius 2 is 1.92 bits per heavy atom. The summed E-state index contributed by atoms with van der Waals surface area (Å²) in [6.07, 6.45) is 5.18. The number of nitrogens with one attached hydrogen (secondary N) is 1. The van der Waals surface area contributed by atoms with Crippen LogP contribution >= 0.6 is 0 Å². The molecule has 138 valence electrons. The fraction of sp³-hybridized carbons (Fsp3) is 0.368. The lowest BCUT2D eigenvalue weighted by molar-refractivity contribution is 0.579. The molecule has 0 spiro atoms. The van der Waals surface area contributed by atoms with Gasteiger partial charge >= 0.3 is 0 Å². The molecule has 0 aliphatic rings. The van der Waals surface area contributed by atoms with Crippen LogP contribution in [0.1, 0.15) is 43.0 Å². The molecule has 2 heterocycles. The van der Waals surface area contributed by atoms with Gasteiger partial charge in [0, 0.05) is 25.0 Å². The standard InChI is InChI=1S/C19H24N4O2S/c1-14(2)17-6-8-18(9-7-17)26(24,25)21-10-4-5-16-12-20-19-11-15(3)22-23(19)13-16/h6-9,11-14,21H,4-5,10H2,1-3H3. The van der Waals surface area contributed by atoms with Crippen LogP contribution in [-0.4, -0.2) is 29.6 Å². The van der Waals surface area contributed by atoms with Gasteiger partial charge in [-0.1, -0.05) is 26.0 Å². The Morgan fingerprint density at radius 3 is 2.62 bits per heavy atom. The largest absolute Gasteiger partial charge is 0.240 e. The van der Waals surface area contributed by atoms with Gasteiger partial charge in [-0.2, -0.15) is 5.10 Å². The number of aromatic nitrogens is 3. The number of rotatable bonds is 7. The van der Waals surface area contributed by atoms with Crippen LogP contribution in [-0.2, 0) is 16.4 Å². The fourth-order valence-corrected chi connectivity index (χ4v) is 3.85. The molecule has 0 aliphatic heterocycles. The first-order valence-corrected chi connectivity index (χ1v) is 10.2. The van der Waals surface area contributed by atoms with E-state index in [0.717, 1.165) is 28.9 Å². The van der Waals surface area contributed by atoms with Gasteiger partial charge in [0.25, 0.3) is 0 Å². The number of fused-ring (bicyclic) bond motifs is 1. The molecule has 7 heteroatoms. The molecular weight excluding hydrogens is 348 g/mol. The molecule has 1 aromatic carbocycles. The summed E-state index contributed by atoms with van der Waals surface area (Å²) in [5, 5.41) is 4.34. The van der Waals surface area contributed by atoms with Crippen LogP contribution in [0.25, 0.3) is 5.65 Å². The van der Waals surface area contributed by atoms with Gasteiger partial charge in [-0.05, 0) is 48.9 Å². The van der Waals surface area contributed by atoms with Gasteiger partial charge in [-0.25, -0.2) is 22.6 Å². The average molecular weight is 372 g/mol. The highest BCUT2D eigenvalue weighted by molar-refractivity contribution is 7.89. The number of benzene rings is 1. The molecule has 0 saturated heterocycles. The van der Waals surface area contributed by atoms with Gasteiger partial charge in [0.15, 0.2) is 5.65 Å². The molecule has 0 atom stereocenters. The summed E-state index contributed by atoms with van der Waals surface area (Å²) in [6.45, 7) is 6.47. The van der Waals surface area contributed by atoms with Gasteiger partial charge in [0.05, 0.1) is 10.6 Å². The maximum absolute atomic E-state index is 12.4. The highest BCUT2D eigenvalue weighted by Crippen LogP contribution is 2.17. The Hall–Kier alpha value is -2.25. The van der Waals surface area contributed by atoms with Crippen LogP contribution < -0.4 is 4.72 Å². The van der Waals surface area contributed by atoms with E-state index in [1.54, 1.807) is 16.6 Å². The van der Waals surface area contributed by atoms with Crippen molar-refractivity contribution in [3.63, 3.8) is 0 Å². The highest BCUT2D eigenvalue weighted by atomic mass is 32.2. The zero-order chi connectivity index (χ0) is 18.7. The Bertz CT molecular complexity index is 992. The van der Waals surface area contributed by atoms with E-state index in [-0.39, 0.29) is 0 Å². The molecule has 0 unspecified atom stereocenters. The van der Waals surface area contributed by atoms with E-state index in [9.17, 15) is 8.42 Å². The SMILES string of the molecule is Cc1cc2ncc(CCCNS(=O)(=O)c3ccc(C(C)C)cc3)cn2n1. The van der Waals surface area contributed by atoms with E-state index < -0.39 is 10.0 Å². The molecule has 6 nitrogen and oxygen atoms in total. The fourth-order valence-electron chi connectivity index (χ4n) is 2.78. The summed E-state index contributed by atoms with van der Waals surface area (Å²) in [6, 6.07) is 8.98. The first kappa shape index (κ1) is 18.5. The monoisotopic (exact) mass is 372 g/mol. The lowest BCUT2D eigenvalue weighted by atomic mass is 10.0. The van der Waals surface area contributed by atoms with Gasteiger partial charge in [0.1, 0.15) is 0 Å². The first-order valence-electron chi connectivity index (χ1n) is 8.76. The molecule has 0 amide bonds. The summed E-state index contributed by atoms with van der Waals surface area (Å²) in [4.78, 5) is 4.66. The molecule has 0 radical (unpaired) electrons. The van der Waals surface area contributed by atoms with Crippen molar-refractivity contribution in [2.45, 2.75) is 44.4 Å². The molecule has 2 aromatic heterocycles. The van der Waals surface area contributed by atoms with Gasteiger partial charge in [0.2, 0.25) is 10.0 Å². The minimum Gasteiger partial charge on any atom is -0.237 e. The van der Waals surface area contributed by atoms with Crippen LogP contribution in [0.5, 0.6) is 0 Å². The molecule has 3 aromatic rings. The van der Waals surface area contributed by atoms with Gasteiger partial charge in [-0.15, -0.1) is 0 Å². The molecule has 0 fully saturated rings.